The SMILES string of the molecule is Oc1ccc2ccccc2c1C=Nc1ccc(Nc2nc(Cl)nc(Cl)n2)cc1N=Cc1c(O)ccc2ccccc12.[Ni]. The normalized spacial score (nSPS) is 11.4. The van der Waals surface area contributed by atoms with E-state index in [1.165, 1.54) is 0 Å². The van der Waals surface area contributed by atoms with Crippen LogP contribution in [0.15, 0.2) is 101 Å². The molecule has 6 rings (SSSR count). The topological polar surface area (TPSA) is 116 Å². The Bertz CT molecular complexity index is 1980. The average Bonchev–Trinajstić information content (AvgIpc) is 2.96. The second-order valence-electron chi connectivity index (χ2n) is 8.98. The van der Waals surface area contributed by atoms with E-state index in [0.29, 0.717) is 28.2 Å². The van der Waals surface area contributed by atoms with Gasteiger partial charge in [0.25, 0.3) is 0 Å². The van der Waals surface area contributed by atoms with Crippen molar-refractivity contribution in [3.05, 3.63) is 113 Å². The van der Waals surface area contributed by atoms with E-state index >= 15 is 0 Å². The van der Waals surface area contributed by atoms with E-state index in [0.717, 1.165) is 21.5 Å². The van der Waals surface area contributed by atoms with Crippen molar-refractivity contribution in [2.75, 3.05) is 5.32 Å². The number of nitrogens with zero attached hydrogens (tertiary/aromatic N) is 5. The van der Waals surface area contributed by atoms with E-state index in [4.69, 9.17) is 28.2 Å². The number of aliphatic imine (C=N–C) groups is 2. The Kier molecular flexibility index (Phi) is 8.64. The van der Waals surface area contributed by atoms with Crippen LogP contribution in [0.2, 0.25) is 10.6 Å². The number of hydrogen-bond donors (Lipinski definition) is 3. The van der Waals surface area contributed by atoms with Gasteiger partial charge in [0, 0.05) is 45.7 Å². The van der Waals surface area contributed by atoms with Gasteiger partial charge in [0.15, 0.2) is 0 Å². The molecule has 0 saturated heterocycles. The summed E-state index contributed by atoms with van der Waals surface area (Å²) in [4.78, 5) is 21.3. The van der Waals surface area contributed by atoms with Gasteiger partial charge in [0.2, 0.25) is 16.5 Å². The van der Waals surface area contributed by atoms with Gasteiger partial charge in [0.1, 0.15) is 11.5 Å². The second kappa shape index (κ2) is 12.5. The number of aromatic nitrogens is 3. The van der Waals surface area contributed by atoms with Crippen LogP contribution in [0.3, 0.4) is 0 Å². The third-order valence-corrected chi connectivity index (χ3v) is 6.71. The molecule has 0 radical (unpaired) electrons. The van der Waals surface area contributed by atoms with Crippen molar-refractivity contribution >= 4 is 80.2 Å². The number of phenolic OH excluding ortho intramolecular Hbond substituents is 2. The summed E-state index contributed by atoms with van der Waals surface area (Å²) >= 11 is 11.9. The predicted molar refractivity (Wildman–Crippen MR) is 165 cm³/mol. The Hall–Kier alpha value is -4.56. The molecule has 1 heterocycles. The number of benzene rings is 5. The molecule has 210 valence electrons. The Morgan fingerprint density at radius 2 is 1.14 bits per heavy atom. The van der Waals surface area contributed by atoms with Gasteiger partial charge in [-0.15, -0.1) is 0 Å². The first kappa shape index (κ1) is 29.0. The molecule has 0 saturated carbocycles. The summed E-state index contributed by atoms with van der Waals surface area (Å²) in [5.41, 5.74) is 2.74. The Balaban J connectivity index is 0.00000353. The van der Waals surface area contributed by atoms with Crippen molar-refractivity contribution in [1.29, 1.82) is 0 Å². The standard InChI is InChI=1S/C31H20Cl2N6O2.Ni/c32-29-37-30(33)39-31(38-29)36-20-11-12-25(34-16-23-21-7-3-1-5-18(21)9-13-27(23)40)26(15-20)35-17-24-22-8-4-2-6-19(22)10-14-28(24)41;/h1-17,40-41H,(H,36,37,38,39);. The van der Waals surface area contributed by atoms with E-state index < -0.39 is 0 Å². The third-order valence-electron chi connectivity index (χ3n) is 6.37. The monoisotopic (exact) mass is 636 g/mol. The number of rotatable bonds is 6. The summed E-state index contributed by atoms with van der Waals surface area (Å²) < 4.78 is 0. The number of aromatic hydroxyl groups is 2. The van der Waals surface area contributed by atoms with Crippen molar-refractivity contribution in [2.45, 2.75) is 0 Å². The molecule has 3 N–H and O–H groups in total. The number of phenols is 2. The number of halogens is 2. The fraction of sp³-hybridized carbons (Fsp3) is 0. The molecule has 0 bridgehead atoms. The van der Waals surface area contributed by atoms with Crippen molar-refractivity contribution in [3.8, 4) is 11.5 Å². The van der Waals surface area contributed by atoms with E-state index in [1.54, 1.807) is 42.8 Å². The molecule has 11 heteroatoms. The quantitative estimate of drug-likeness (QED) is 0.125. The van der Waals surface area contributed by atoms with E-state index in [9.17, 15) is 10.2 Å². The molecule has 0 aliphatic carbocycles. The first-order chi connectivity index (χ1) is 19.9. The summed E-state index contributed by atoms with van der Waals surface area (Å²) in [6.45, 7) is 0. The molecule has 0 unspecified atom stereocenters. The Labute approximate surface area is 260 Å². The molecule has 1 aromatic heterocycles. The number of nitrogens with one attached hydrogen (secondary N) is 1. The van der Waals surface area contributed by atoms with Gasteiger partial charge >= 0.3 is 0 Å². The maximum Gasteiger partial charge on any atom is 0.232 e. The third kappa shape index (κ3) is 6.19. The minimum absolute atomic E-state index is 0. The second-order valence-corrected chi connectivity index (χ2v) is 9.66. The molecule has 0 spiro atoms. The molecule has 0 atom stereocenters. The molecule has 6 aromatic rings. The van der Waals surface area contributed by atoms with Gasteiger partial charge < -0.3 is 15.5 Å². The van der Waals surface area contributed by atoms with Gasteiger partial charge in [-0.05, 0) is 75.1 Å². The van der Waals surface area contributed by atoms with Crippen LogP contribution in [-0.4, -0.2) is 37.6 Å². The first-order valence-electron chi connectivity index (χ1n) is 12.4. The summed E-state index contributed by atoms with van der Waals surface area (Å²) in [5.74, 6) is 0.371. The van der Waals surface area contributed by atoms with Crippen LogP contribution in [0.1, 0.15) is 11.1 Å². The van der Waals surface area contributed by atoms with Crippen LogP contribution in [0, 0.1) is 0 Å². The van der Waals surface area contributed by atoms with Gasteiger partial charge in [0.05, 0.1) is 11.4 Å². The summed E-state index contributed by atoms with van der Waals surface area (Å²) in [5, 5.41) is 27.8. The summed E-state index contributed by atoms with van der Waals surface area (Å²) in [6, 6.07) is 27.7. The minimum Gasteiger partial charge on any atom is -0.507 e. The average molecular weight is 638 g/mol. The van der Waals surface area contributed by atoms with E-state index in [-0.39, 0.29) is 44.5 Å². The summed E-state index contributed by atoms with van der Waals surface area (Å²) in [6.07, 6.45) is 3.21. The van der Waals surface area contributed by atoms with Gasteiger partial charge in [-0.25, -0.2) is 0 Å². The van der Waals surface area contributed by atoms with Crippen LogP contribution >= 0.6 is 23.2 Å². The number of fused-ring (bicyclic) bond motifs is 2. The van der Waals surface area contributed by atoms with Crippen LogP contribution in [-0.2, 0) is 16.5 Å². The number of anilines is 2. The zero-order chi connectivity index (χ0) is 28.3. The van der Waals surface area contributed by atoms with Gasteiger partial charge in [-0.2, -0.15) is 15.0 Å². The molecule has 5 aromatic carbocycles. The molecule has 8 nitrogen and oxygen atoms in total. The van der Waals surface area contributed by atoms with E-state index in [2.05, 4.69) is 25.3 Å². The van der Waals surface area contributed by atoms with Crippen molar-refractivity contribution in [3.63, 3.8) is 0 Å². The summed E-state index contributed by atoms with van der Waals surface area (Å²) in [7, 11) is 0. The van der Waals surface area contributed by atoms with E-state index in [1.807, 2.05) is 60.7 Å². The van der Waals surface area contributed by atoms with Crippen molar-refractivity contribution in [2.24, 2.45) is 9.98 Å². The maximum atomic E-state index is 10.6. The fourth-order valence-corrected chi connectivity index (χ4v) is 4.80. The van der Waals surface area contributed by atoms with Crippen molar-refractivity contribution in [1.82, 2.24) is 15.0 Å². The van der Waals surface area contributed by atoms with Crippen LogP contribution in [0.25, 0.3) is 21.5 Å². The Morgan fingerprint density at radius 1 is 0.619 bits per heavy atom. The predicted octanol–water partition coefficient (Wildman–Crippen LogP) is 8.14. The molecule has 0 fully saturated rings. The van der Waals surface area contributed by atoms with Crippen LogP contribution in [0.4, 0.5) is 23.0 Å². The largest absolute Gasteiger partial charge is 0.507 e. The molecule has 0 aliphatic heterocycles. The number of hydrogen-bond acceptors (Lipinski definition) is 8. The smallest absolute Gasteiger partial charge is 0.232 e. The van der Waals surface area contributed by atoms with Crippen molar-refractivity contribution < 1.29 is 26.7 Å². The van der Waals surface area contributed by atoms with Gasteiger partial charge in [-0.1, -0.05) is 60.7 Å². The fourth-order valence-electron chi connectivity index (χ4n) is 4.43. The molecular weight excluding hydrogens is 618 g/mol. The maximum absolute atomic E-state index is 10.6. The minimum atomic E-state index is -0.0479. The zero-order valence-electron chi connectivity index (χ0n) is 21.5. The first-order valence-corrected chi connectivity index (χ1v) is 13.2. The molecular formula is C31H20Cl2N6NiO2. The van der Waals surface area contributed by atoms with Crippen LogP contribution in [0.5, 0.6) is 11.5 Å². The zero-order valence-corrected chi connectivity index (χ0v) is 24.0. The molecule has 42 heavy (non-hydrogen) atoms. The molecule has 0 aliphatic rings. The molecule has 0 amide bonds. The van der Waals surface area contributed by atoms with Gasteiger partial charge in [-0.3, -0.25) is 9.98 Å². The van der Waals surface area contributed by atoms with Crippen LogP contribution < -0.4 is 5.32 Å². The Morgan fingerprint density at radius 3 is 1.71 bits per heavy atom.